The van der Waals surface area contributed by atoms with Gasteiger partial charge in [0.1, 0.15) is 0 Å². The van der Waals surface area contributed by atoms with Crippen LogP contribution in [0.2, 0.25) is 0 Å². The van der Waals surface area contributed by atoms with Crippen LogP contribution in [0.5, 0.6) is 0 Å². The van der Waals surface area contributed by atoms with Crippen LogP contribution in [0.15, 0.2) is 4.99 Å². The average molecular weight is 201 g/mol. The van der Waals surface area contributed by atoms with Crippen LogP contribution in [0.3, 0.4) is 0 Å². The van der Waals surface area contributed by atoms with E-state index >= 15 is 0 Å². The minimum Gasteiger partial charge on any atom is -0.359 e. The molecular formula is C9H19N3S. The van der Waals surface area contributed by atoms with Crippen molar-refractivity contribution in [1.29, 1.82) is 0 Å². The van der Waals surface area contributed by atoms with Gasteiger partial charge in [-0.2, -0.15) is 11.8 Å². The van der Waals surface area contributed by atoms with Crippen LogP contribution in [0.1, 0.15) is 19.3 Å². The zero-order valence-electron chi connectivity index (χ0n) is 8.47. The SMILES string of the molecule is CN=C(NC)NCC1CCCCS1. The molecule has 1 aliphatic heterocycles. The molecular weight excluding hydrogens is 182 g/mol. The highest BCUT2D eigenvalue weighted by Crippen LogP contribution is 2.24. The topological polar surface area (TPSA) is 36.4 Å². The lowest BCUT2D eigenvalue weighted by molar-refractivity contribution is 0.645. The molecule has 0 aromatic rings. The van der Waals surface area contributed by atoms with E-state index in [2.05, 4.69) is 27.4 Å². The number of nitrogens with zero attached hydrogens (tertiary/aromatic N) is 1. The minimum atomic E-state index is 0.777. The largest absolute Gasteiger partial charge is 0.359 e. The first-order chi connectivity index (χ1) is 6.36. The Balaban J connectivity index is 2.16. The molecule has 3 nitrogen and oxygen atoms in total. The lowest BCUT2D eigenvalue weighted by atomic mass is 10.2. The number of aliphatic imine (C=N–C) groups is 1. The Hall–Kier alpha value is -0.380. The minimum absolute atomic E-state index is 0.777. The van der Waals surface area contributed by atoms with Crippen molar-refractivity contribution in [3.8, 4) is 0 Å². The van der Waals surface area contributed by atoms with E-state index in [0.29, 0.717) is 0 Å². The fourth-order valence-electron chi connectivity index (χ4n) is 1.46. The van der Waals surface area contributed by atoms with Crippen molar-refractivity contribution in [3.63, 3.8) is 0 Å². The quantitative estimate of drug-likeness (QED) is 0.518. The summed E-state index contributed by atoms with van der Waals surface area (Å²) in [5.74, 6) is 2.22. The monoisotopic (exact) mass is 201 g/mol. The van der Waals surface area contributed by atoms with Crippen LogP contribution in [0, 0.1) is 0 Å². The smallest absolute Gasteiger partial charge is 0.190 e. The van der Waals surface area contributed by atoms with Crippen LogP contribution in [0.25, 0.3) is 0 Å². The van der Waals surface area contributed by atoms with E-state index in [1.165, 1.54) is 25.0 Å². The summed E-state index contributed by atoms with van der Waals surface area (Å²) < 4.78 is 0. The third-order valence-corrected chi connectivity index (χ3v) is 3.63. The van der Waals surface area contributed by atoms with Gasteiger partial charge in [0.05, 0.1) is 0 Å². The molecule has 0 bridgehead atoms. The maximum atomic E-state index is 4.08. The van der Waals surface area contributed by atoms with Crippen LogP contribution in [0.4, 0.5) is 0 Å². The molecule has 13 heavy (non-hydrogen) atoms. The lowest BCUT2D eigenvalue weighted by Crippen LogP contribution is -2.39. The molecule has 1 unspecified atom stereocenters. The molecule has 4 heteroatoms. The van der Waals surface area contributed by atoms with Crippen molar-refractivity contribution in [2.24, 2.45) is 4.99 Å². The summed E-state index contributed by atoms with van der Waals surface area (Å²) in [5, 5.41) is 7.10. The lowest BCUT2D eigenvalue weighted by Gasteiger charge is -2.22. The summed E-state index contributed by atoms with van der Waals surface area (Å²) in [6, 6.07) is 0. The highest BCUT2D eigenvalue weighted by atomic mass is 32.2. The molecule has 0 aliphatic carbocycles. The van der Waals surface area contributed by atoms with E-state index in [-0.39, 0.29) is 0 Å². The summed E-state index contributed by atoms with van der Waals surface area (Å²) >= 11 is 2.08. The van der Waals surface area contributed by atoms with Gasteiger partial charge in [0.25, 0.3) is 0 Å². The molecule has 1 aliphatic rings. The molecule has 0 aromatic heterocycles. The summed E-state index contributed by atoms with van der Waals surface area (Å²) in [6.07, 6.45) is 4.12. The van der Waals surface area contributed by atoms with Crippen molar-refractivity contribution in [1.82, 2.24) is 10.6 Å². The van der Waals surface area contributed by atoms with Gasteiger partial charge in [0.15, 0.2) is 5.96 Å². The highest BCUT2D eigenvalue weighted by Gasteiger charge is 2.13. The van der Waals surface area contributed by atoms with E-state index in [1.54, 1.807) is 7.05 Å². The molecule has 0 saturated carbocycles. The van der Waals surface area contributed by atoms with E-state index in [4.69, 9.17) is 0 Å². The summed E-state index contributed by atoms with van der Waals surface area (Å²) in [6.45, 7) is 1.04. The Morgan fingerprint density at radius 1 is 1.54 bits per heavy atom. The number of rotatable bonds is 2. The van der Waals surface area contributed by atoms with Crippen LogP contribution in [-0.2, 0) is 0 Å². The Bertz CT molecular complexity index is 164. The highest BCUT2D eigenvalue weighted by molar-refractivity contribution is 7.99. The van der Waals surface area contributed by atoms with E-state index < -0.39 is 0 Å². The van der Waals surface area contributed by atoms with E-state index in [1.807, 2.05) is 7.05 Å². The molecule has 1 atom stereocenters. The Morgan fingerprint density at radius 2 is 2.38 bits per heavy atom. The summed E-state index contributed by atoms with van der Waals surface area (Å²) in [4.78, 5) is 4.08. The van der Waals surface area contributed by atoms with E-state index in [0.717, 1.165) is 17.8 Å². The number of guanidine groups is 1. The number of hydrogen-bond acceptors (Lipinski definition) is 2. The standard InChI is InChI=1S/C9H19N3S/c1-10-9(11-2)12-7-8-5-3-4-6-13-8/h8H,3-7H2,1-2H3,(H2,10,11,12). The Kier molecular flexibility index (Phi) is 5.05. The fraction of sp³-hybridized carbons (Fsp3) is 0.889. The predicted octanol–water partition coefficient (Wildman–Crippen LogP) is 1.07. The molecule has 0 aromatic carbocycles. The molecule has 0 spiro atoms. The maximum Gasteiger partial charge on any atom is 0.190 e. The van der Waals surface area contributed by atoms with Crippen LogP contribution >= 0.6 is 11.8 Å². The number of thioether (sulfide) groups is 1. The molecule has 76 valence electrons. The second-order valence-electron chi connectivity index (χ2n) is 3.19. The van der Waals surface area contributed by atoms with E-state index in [9.17, 15) is 0 Å². The molecule has 0 radical (unpaired) electrons. The van der Waals surface area contributed by atoms with Crippen LogP contribution in [-0.4, -0.2) is 37.6 Å². The van der Waals surface area contributed by atoms with Gasteiger partial charge in [-0.25, -0.2) is 0 Å². The normalized spacial score (nSPS) is 24.2. The van der Waals surface area contributed by atoms with Gasteiger partial charge in [0.2, 0.25) is 0 Å². The molecule has 2 N–H and O–H groups in total. The first-order valence-electron chi connectivity index (χ1n) is 4.87. The first-order valence-corrected chi connectivity index (χ1v) is 5.91. The van der Waals surface area contributed by atoms with Gasteiger partial charge in [0, 0.05) is 25.9 Å². The zero-order chi connectivity index (χ0) is 9.52. The molecule has 1 fully saturated rings. The van der Waals surface area contributed by atoms with Gasteiger partial charge in [-0.3, -0.25) is 4.99 Å². The van der Waals surface area contributed by atoms with Gasteiger partial charge < -0.3 is 10.6 Å². The van der Waals surface area contributed by atoms with Crippen molar-refractivity contribution < 1.29 is 0 Å². The van der Waals surface area contributed by atoms with Crippen molar-refractivity contribution in [2.75, 3.05) is 26.4 Å². The Morgan fingerprint density at radius 3 is 2.92 bits per heavy atom. The van der Waals surface area contributed by atoms with Crippen molar-refractivity contribution >= 4 is 17.7 Å². The van der Waals surface area contributed by atoms with Gasteiger partial charge in [-0.05, 0) is 18.6 Å². The maximum absolute atomic E-state index is 4.08. The van der Waals surface area contributed by atoms with Crippen molar-refractivity contribution in [3.05, 3.63) is 0 Å². The van der Waals surface area contributed by atoms with Gasteiger partial charge in [-0.15, -0.1) is 0 Å². The average Bonchev–Trinajstić information content (AvgIpc) is 2.21. The molecule has 1 rings (SSSR count). The summed E-state index contributed by atoms with van der Waals surface area (Å²) in [5.41, 5.74) is 0. The van der Waals surface area contributed by atoms with Crippen LogP contribution < -0.4 is 10.6 Å². The molecule has 1 saturated heterocycles. The third-order valence-electron chi connectivity index (χ3n) is 2.23. The number of hydrogen-bond donors (Lipinski definition) is 2. The molecule has 0 amide bonds. The summed E-state index contributed by atoms with van der Waals surface area (Å²) in [7, 11) is 3.69. The Labute approximate surface area is 84.8 Å². The predicted molar refractivity (Wildman–Crippen MR) is 60.5 cm³/mol. The third kappa shape index (κ3) is 3.89. The fourth-order valence-corrected chi connectivity index (χ4v) is 2.70. The number of nitrogens with one attached hydrogen (secondary N) is 2. The van der Waals surface area contributed by atoms with Gasteiger partial charge >= 0.3 is 0 Å². The molecule has 1 heterocycles. The second kappa shape index (κ2) is 6.13. The van der Waals surface area contributed by atoms with Crippen molar-refractivity contribution in [2.45, 2.75) is 24.5 Å². The first kappa shape index (κ1) is 10.7. The zero-order valence-corrected chi connectivity index (χ0v) is 9.28. The second-order valence-corrected chi connectivity index (χ2v) is 4.60. The van der Waals surface area contributed by atoms with Gasteiger partial charge in [-0.1, -0.05) is 6.42 Å².